The molecular weight excluding hydrogens is 169 g/mol. The molecule has 0 fully saturated rings. The van der Waals surface area contributed by atoms with Crippen LogP contribution in [-0.4, -0.2) is 20.2 Å². The molecule has 0 spiro atoms. The lowest BCUT2D eigenvalue weighted by Crippen LogP contribution is -2.29. The minimum Gasteiger partial charge on any atom is -0.327 e. The first-order chi connectivity index (χ1) is 4.81. The van der Waals surface area contributed by atoms with Gasteiger partial charge in [-0.2, -0.15) is 8.42 Å². The van der Waals surface area contributed by atoms with Gasteiger partial charge < -0.3 is 5.73 Å². The van der Waals surface area contributed by atoms with Crippen LogP contribution in [0.5, 0.6) is 0 Å². The average Bonchev–Trinajstić information content (AvgIpc) is 1.53. The van der Waals surface area contributed by atoms with E-state index < -0.39 is 22.0 Å². The Morgan fingerprint density at radius 3 is 2.18 bits per heavy atom. The molecule has 0 saturated carbocycles. The Hall–Kier alpha value is -0.160. The zero-order valence-corrected chi connectivity index (χ0v) is 7.57. The SMILES string of the molecule is CC(C)CC(N)CS(=O)(=O)F. The van der Waals surface area contributed by atoms with Crippen LogP contribution < -0.4 is 5.73 Å². The topological polar surface area (TPSA) is 60.2 Å². The first kappa shape index (κ1) is 10.8. The summed E-state index contributed by atoms with van der Waals surface area (Å²) in [6.07, 6.45) is 0.531. The Kier molecular flexibility index (Phi) is 3.96. The number of halogens is 1. The molecular formula is C6H14FNO2S. The summed E-state index contributed by atoms with van der Waals surface area (Å²) >= 11 is 0. The van der Waals surface area contributed by atoms with Gasteiger partial charge in [-0.15, -0.1) is 3.89 Å². The third-order valence-corrected chi connectivity index (χ3v) is 2.01. The lowest BCUT2D eigenvalue weighted by atomic mass is 10.1. The molecule has 1 unspecified atom stereocenters. The van der Waals surface area contributed by atoms with Crippen LogP contribution in [0.4, 0.5) is 3.89 Å². The summed E-state index contributed by atoms with van der Waals surface area (Å²) in [6.45, 7) is 3.81. The molecule has 0 rings (SSSR count). The maximum Gasteiger partial charge on any atom is 0.303 e. The Bertz CT molecular complexity index is 201. The fourth-order valence-corrected chi connectivity index (χ4v) is 1.58. The van der Waals surface area contributed by atoms with Crippen molar-refractivity contribution in [2.75, 3.05) is 5.75 Å². The molecule has 0 saturated heterocycles. The second kappa shape index (κ2) is 4.01. The normalized spacial score (nSPS) is 15.4. The predicted molar refractivity (Wildman–Crippen MR) is 42.3 cm³/mol. The minimum absolute atomic E-state index is 0.298. The van der Waals surface area contributed by atoms with Crippen LogP contribution in [0.1, 0.15) is 20.3 Å². The van der Waals surface area contributed by atoms with Gasteiger partial charge >= 0.3 is 10.2 Å². The highest BCUT2D eigenvalue weighted by Crippen LogP contribution is 2.05. The van der Waals surface area contributed by atoms with Gasteiger partial charge in [-0.25, -0.2) is 0 Å². The van der Waals surface area contributed by atoms with Crippen LogP contribution in [0.25, 0.3) is 0 Å². The summed E-state index contributed by atoms with van der Waals surface area (Å²) in [5.74, 6) is -0.266. The van der Waals surface area contributed by atoms with E-state index in [9.17, 15) is 12.3 Å². The first-order valence-electron chi connectivity index (χ1n) is 3.49. The van der Waals surface area contributed by atoms with Crippen molar-refractivity contribution in [1.82, 2.24) is 0 Å². The van der Waals surface area contributed by atoms with E-state index in [1.165, 1.54) is 0 Å². The van der Waals surface area contributed by atoms with E-state index in [4.69, 9.17) is 5.73 Å². The van der Waals surface area contributed by atoms with E-state index in [0.29, 0.717) is 12.3 Å². The van der Waals surface area contributed by atoms with Crippen molar-refractivity contribution in [3.8, 4) is 0 Å². The van der Waals surface area contributed by atoms with Crippen molar-refractivity contribution in [2.45, 2.75) is 26.3 Å². The van der Waals surface area contributed by atoms with Gasteiger partial charge in [-0.3, -0.25) is 0 Å². The van der Waals surface area contributed by atoms with Gasteiger partial charge in [0.1, 0.15) is 0 Å². The van der Waals surface area contributed by atoms with Crippen LogP contribution in [0, 0.1) is 5.92 Å². The Balaban J connectivity index is 3.80. The number of rotatable bonds is 4. The highest BCUT2D eigenvalue weighted by Gasteiger charge is 2.15. The monoisotopic (exact) mass is 183 g/mol. The maximum absolute atomic E-state index is 12.0. The Morgan fingerprint density at radius 2 is 1.91 bits per heavy atom. The second-order valence-electron chi connectivity index (χ2n) is 3.10. The second-order valence-corrected chi connectivity index (χ2v) is 4.51. The van der Waals surface area contributed by atoms with E-state index in [0.717, 1.165) is 0 Å². The number of hydrogen-bond acceptors (Lipinski definition) is 3. The van der Waals surface area contributed by atoms with Crippen LogP contribution >= 0.6 is 0 Å². The summed E-state index contributed by atoms with van der Waals surface area (Å²) in [4.78, 5) is 0. The van der Waals surface area contributed by atoms with Crippen LogP contribution in [-0.2, 0) is 10.2 Å². The fraction of sp³-hybridized carbons (Fsp3) is 1.00. The van der Waals surface area contributed by atoms with Crippen molar-refractivity contribution in [3.63, 3.8) is 0 Å². The molecule has 0 aliphatic heterocycles. The molecule has 0 aliphatic carbocycles. The fourth-order valence-electron chi connectivity index (χ4n) is 0.929. The van der Waals surface area contributed by atoms with Gasteiger partial charge in [0, 0.05) is 6.04 Å². The molecule has 0 aromatic carbocycles. The van der Waals surface area contributed by atoms with E-state index in [2.05, 4.69) is 0 Å². The number of hydrogen-bond donors (Lipinski definition) is 1. The lowest BCUT2D eigenvalue weighted by Gasteiger charge is -2.10. The van der Waals surface area contributed by atoms with E-state index >= 15 is 0 Å². The van der Waals surface area contributed by atoms with Gasteiger partial charge in [0.2, 0.25) is 0 Å². The van der Waals surface area contributed by atoms with Gasteiger partial charge in [0.25, 0.3) is 0 Å². The summed E-state index contributed by atoms with van der Waals surface area (Å²) < 4.78 is 32.1. The quantitative estimate of drug-likeness (QED) is 0.651. The summed E-state index contributed by atoms with van der Waals surface area (Å²) in [7, 11) is -4.39. The van der Waals surface area contributed by atoms with Crippen molar-refractivity contribution in [3.05, 3.63) is 0 Å². The summed E-state index contributed by atoms with van der Waals surface area (Å²) in [5.41, 5.74) is 5.34. The highest BCUT2D eigenvalue weighted by molar-refractivity contribution is 7.86. The van der Waals surface area contributed by atoms with E-state index in [1.807, 2.05) is 13.8 Å². The van der Waals surface area contributed by atoms with Crippen molar-refractivity contribution < 1.29 is 12.3 Å². The third-order valence-electron chi connectivity index (χ3n) is 1.19. The third kappa shape index (κ3) is 7.74. The van der Waals surface area contributed by atoms with Crippen molar-refractivity contribution in [1.29, 1.82) is 0 Å². The standard InChI is InChI=1S/C6H14FNO2S/c1-5(2)3-6(8)4-11(7,9)10/h5-6H,3-4,8H2,1-2H3. The zero-order valence-electron chi connectivity index (χ0n) is 6.75. The minimum atomic E-state index is -4.39. The smallest absolute Gasteiger partial charge is 0.303 e. The largest absolute Gasteiger partial charge is 0.327 e. The van der Waals surface area contributed by atoms with Gasteiger partial charge in [-0.05, 0) is 12.3 Å². The Morgan fingerprint density at radius 1 is 1.45 bits per heavy atom. The van der Waals surface area contributed by atoms with Crippen LogP contribution in [0.15, 0.2) is 0 Å². The predicted octanol–water partition coefficient (Wildman–Crippen LogP) is 0.659. The van der Waals surface area contributed by atoms with Crippen molar-refractivity contribution in [2.24, 2.45) is 11.7 Å². The zero-order chi connectivity index (χ0) is 9.07. The molecule has 11 heavy (non-hydrogen) atoms. The van der Waals surface area contributed by atoms with Gasteiger partial charge in [0.15, 0.2) is 0 Å². The molecule has 0 aromatic heterocycles. The van der Waals surface area contributed by atoms with E-state index in [-0.39, 0.29) is 0 Å². The molecule has 2 N–H and O–H groups in total. The Labute approximate surface area is 67.0 Å². The molecule has 0 aromatic rings. The van der Waals surface area contributed by atoms with Gasteiger partial charge in [0.05, 0.1) is 5.75 Å². The average molecular weight is 183 g/mol. The van der Waals surface area contributed by atoms with Crippen molar-refractivity contribution >= 4 is 10.2 Å². The molecule has 0 aliphatic rings. The molecule has 3 nitrogen and oxygen atoms in total. The van der Waals surface area contributed by atoms with E-state index in [1.54, 1.807) is 0 Å². The lowest BCUT2D eigenvalue weighted by molar-refractivity contribution is 0.499. The molecule has 0 radical (unpaired) electrons. The first-order valence-corrected chi connectivity index (χ1v) is 5.04. The summed E-state index contributed by atoms with van der Waals surface area (Å²) in [5, 5.41) is 0. The molecule has 1 atom stereocenters. The molecule has 68 valence electrons. The maximum atomic E-state index is 12.0. The summed E-state index contributed by atoms with van der Waals surface area (Å²) in [6, 6.07) is -0.579. The van der Waals surface area contributed by atoms with Crippen LogP contribution in [0.3, 0.4) is 0 Å². The highest BCUT2D eigenvalue weighted by atomic mass is 32.3. The van der Waals surface area contributed by atoms with Crippen LogP contribution in [0.2, 0.25) is 0 Å². The van der Waals surface area contributed by atoms with Gasteiger partial charge in [-0.1, -0.05) is 13.8 Å². The molecule has 0 bridgehead atoms. The molecule has 5 heteroatoms. The molecule has 0 amide bonds. The number of nitrogens with two attached hydrogens (primary N) is 1. The molecule has 0 heterocycles.